The topological polar surface area (TPSA) is 118 Å². The number of aliphatic hydroxyl groups excluding tert-OH is 1. The van der Waals surface area contributed by atoms with Crippen LogP contribution in [0.25, 0.3) is 22.8 Å². The van der Waals surface area contributed by atoms with Crippen molar-refractivity contribution in [3.8, 4) is 34.7 Å². The average molecular weight is 418 g/mol. The number of rotatable bonds is 7. The van der Waals surface area contributed by atoms with Crippen LogP contribution >= 0.6 is 0 Å². The van der Waals surface area contributed by atoms with Crippen LogP contribution < -0.4 is 10.5 Å². The summed E-state index contributed by atoms with van der Waals surface area (Å²) in [5.74, 6) is 1.69. The highest BCUT2D eigenvalue weighted by Crippen LogP contribution is 2.40. The molecule has 2 atom stereocenters. The van der Waals surface area contributed by atoms with Gasteiger partial charge in [0.2, 0.25) is 5.82 Å². The number of nitrogens with two attached hydrogens (primary N) is 1. The summed E-state index contributed by atoms with van der Waals surface area (Å²) in [6.07, 6.45) is 2.01. The lowest BCUT2D eigenvalue weighted by molar-refractivity contribution is 0.163. The Morgan fingerprint density at radius 3 is 2.90 bits per heavy atom. The molecule has 0 fully saturated rings. The molecule has 0 bridgehead atoms. The molecule has 2 aromatic carbocycles. The van der Waals surface area contributed by atoms with Crippen LogP contribution in [-0.2, 0) is 6.42 Å². The van der Waals surface area contributed by atoms with E-state index in [1.54, 1.807) is 12.1 Å². The Bertz CT molecular complexity index is 1120. The molecule has 0 saturated heterocycles. The van der Waals surface area contributed by atoms with E-state index in [4.69, 9.17) is 15.0 Å². The van der Waals surface area contributed by atoms with Gasteiger partial charge in [-0.1, -0.05) is 23.4 Å². The van der Waals surface area contributed by atoms with Crippen molar-refractivity contribution in [1.82, 2.24) is 10.1 Å². The fraction of sp³-hybridized carbons (Fsp3) is 0.375. The van der Waals surface area contributed by atoms with E-state index >= 15 is 0 Å². The normalized spacial score (nSPS) is 16.2. The summed E-state index contributed by atoms with van der Waals surface area (Å²) in [6.45, 7) is 4.10. The van der Waals surface area contributed by atoms with Gasteiger partial charge in [-0.05, 0) is 68.4 Å². The molecule has 4 rings (SSSR count). The summed E-state index contributed by atoms with van der Waals surface area (Å²) in [7, 11) is 0. The van der Waals surface area contributed by atoms with E-state index in [9.17, 15) is 10.4 Å². The van der Waals surface area contributed by atoms with Gasteiger partial charge < -0.3 is 20.1 Å². The number of fused-ring (bicyclic) bond motifs is 1. The van der Waals surface area contributed by atoms with Crippen molar-refractivity contribution in [3.63, 3.8) is 0 Å². The molecule has 7 nitrogen and oxygen atoms in total. The second-order valence-electron chi connectivity index (χ2n) is 8.15. The molecule has 0 spiro atoms. The maximum Gasteiger partial charge on any atom is 0.258 e. The van der Waals surface area contributed by atoms with Crippen LogP contribution in [0.1, 0.15) is 49.3 Å². The first-order valence-electron chi connectivity index (χ1n) is 10.5. The van der Waals surface area contributed by atoms with E-state index in [1.165, 1.54) is 11.1 Å². The number of benzene rings is 2. The third kappa shape index (κ3) is 4.31. The molecule has 3 N–H and O–H groups in total. The monoisotopic (exact) mass is 418 g/mol. The Kier molecular flexibility index (Phi) is 6.03. The minimum Gasteiger partial charge on any atom is -0.490 e. The predicted octanol–water partition coefficient (Wildman–Crippen LogP) is 3.80. The SMILES string of the molecule is CC(C)Oc1ccc(-c2nc(-c3cccc4c3CCC4CC(O)CN)no2)cc1C#N. The smallest absolute Gasteiger partial charge is 0.258 e. The Labute approximate surface area is 181 Å². The third-order valence-corrected chi connectivity index (χ3v) is 5.60. The van der Waals surface area contributed by atoms with E-state index < -0.39 is 6.10 Å². The summed E-state index contributed by atoms with van der Waals surface area (Å²) >= 11 is 0. The van der Waals surface area contributed by atoms with Crippen LogP contribution in [0.15, 0.2) is 40.9 Å². The molecule has 2 unspecified atom stereocenters. The first-order chi connectivity index (χ1) is 15.0. The van der Waals surface area contributed by atoms with Gasteiger partial charge in [-0.15, -0.1) is 0 Å². The lowest BCUT2D eigenvalue weighted by Crippen LogP contribution is -2.21. The van der Waals surface area contributed by atoms with Gasteiger partial charge in [0.1, 0.15) is 11.8 Å². The molecule has 0 aliphatic heterocycles. The number of nitrogens with zero attached hydrogens (tertiary/aromatic N) is 3. The molecule has 7 heteroatoms. The first kappa shape index (κ1) is 21.0. The Hall–Kier alpha value is -3.21. The predicted molar refractivity (Wildman–Crippen MR) is 116 cm³/mol. The summed E-state index contributed by atoms with van der Waals surface area (Å²) in [5, 5.41) is 23.6. The molecule has 3 aromatic rings. The Morgan fingerprint density at radius 1 is 1.32 bits per heavy atom. The molecule has 160 valence electrons. The van der Waals surface area contributed by atoms with Gasteiger partial charge in [0.25, 0.3) is 5.89 Å². The number of aromatic nitrogens is 2. The van der Waals surface area contributed by atoms with Gasteiger partial charge >= 0.3 is 0 Å². The van der Waals surface area contributed by atoms with Crippen LogP contribution in [-0.4, -0.2) is 34.0 Å². The second-order valence-corrected chi connectivity index (χ2v) is 8.15. The fourth-order valence-corrected chi connectivity index (χ4v) is 4.18. The summed E-state index contributed by atoms with van der Waals surface area (Å²) in [5.41, 5.74) is 10.0. The highest BCUT2D eigenvalue weighted by molar-refractivity contribution is 5.67. The molecule has 1 aromatic heterocycles. The van der Waals surface area contributed by atoms with Crippen LogP contribution in [0.4, 0.5) is 0 Å². The zero-order chi connectivity index (χ0) is 22.0. The third-order valence-electron chi connectivity index (χ3n) is 5.60. The summed E-state index contributed by atoms with van der Waals surface area (Å²) in [4.78, 5) is 4.60. The van der Waals surface area contributed by atoms with Crippen molar-refractivity contribution >= 4 is 0 Å². The van der Waals surface area contributed by atoms with E-state index in [0.717, 1.165) is 18.4 Å². The van der Waals surface area contributed by atoms with Crippen molar-refractivity contribution in [2.75, 3.05) is 6.54 Å². The standard InChI is InChI=1S/C24H26N4O3/c1-14(2)30-22-9-7-16(10-17(22)12-25)24-27-23(28-31-24)21-5-3-4-19-15(6-8-20(19)21)11-18(29)13-26/h3-5,7,9-10,14-15,18,29H,6,8,11,13,26H2,1-2H3. The van der Waals surface area contributed by atoms with Crippen molar-refractivity contribution in [1.29, 1.82) is 5.26 Å². The number of aliphatic hydroxyl groups is 1. The summed E-state index contributed by atoms with van der Waals surface area (Å²) in [6, 6.07) is 13.5. The zero-order valence-electron chi connectivity index (χ0n) is 17.7. The number of hydrogen-bond acceptors (Lipinski definition) is 7. The van der Waals surface area contributed by atoms with Crippen LogP contribution in [0.3, 0.4) is 0 Å². The molecule has 1 heterocycles. The van der Waals surface area contributed by atoms with Gasteiger partial charge in [0, 0.05) is 17.7 Å². The largest absolute Gasteiger partial charge is 0.490 e. The van der Waals surface area contributed by atoms with Crippen molar-refractivity contribution in [2.45, 2.75) is 51.2 Å². The number of nitriles is 1. The van der Waals surface area contributed by atoms with E-state index in [-0.39, 0.29) is 18.6 Å². The fourth-order valence-electron chi connectivity index (χ4n) is 4.18. The van der Waals surface area contributed by atoms with Gasteiger partial charge in [-0.2, -0.15) is 10.2 Å². The molecule has 31 heavy (non-hydrogen) atoms. The molecule has 0 saturated carbocycles. The molecule has 1 aliphatic carbocycles. The quantitative estimate of drug-likeness (QED) is 0.599. The van der Waals surface area contributed by atoms with E-state index in [2.05, 4.69) is 22.3 Å². The van der Waals surface area contributed by atoms with Gasteiger partial charge in [0.05, 0.1) is 17.8 Å². The maximum atomic E-state index is 9.97. The van der Waals surface area contributed by atoms with Crippen LogP contribution in [0.5, 0.6) is 5.75 Å². The Balaban J connectivity index is 1.63. The summed E-state index contributed by atoms with van der Waals surface area (Å²) < 4.78 is 11.2. The maximum absolute atomic E-state index is 9.97. The van der Waals surface area contributed by atoms with Crippen molar-refractivity contribution < 1.29 is 14.4 Å². The lowest BCUT2D eigenvalue weighted by atomic mass is 9.93. The molecule has 0 radical (unpaired) electrons. The van der Waals surface area contributed by atoms with Crippen LogP contribution in [0, 0.1) is 11.3 Å². The number of ether oxygens (including phenoxy) is 1. The number of hydrogen-bond donors (Lipinski definition) is 2. The highest BCUT2D eigenvalue weighted by Gasteiger charge is 2.28. The van der Waals surface area contributed by atoms with Crippen LogP contribution in [0.2, 0.25) is 0 Å². The molecule has 0 amide bonds. The molecular formula is C24H26N4O3. The van der Waals surface area contributed by atoms with Gasteiger partial charge in [-0.25, -0.2) is 0 Å². The molecule has 1 aliphatic rings. The minimum atomic E-state index is -0.492. The highest BCUT2D eigenvalue weighted by atomic mass is 16.5. The van der Waals surface area contributed by atoms with Gasteiger partial charge in [0.15, 0.2) is 0 Å². The van der Waals surface area contributed by atoms with E-state index in [0.29, 0.717) is 35.0 Å². The second kappa shape index (κ2) is 8.88. The Morgan fingerprint density at radius 2 is 2.16 bits per heavy atom. The van der Waals surface area contributed by atoms with Crippen molar-refractivity contribution in [3.05, 3.63) is 53.1 Å². The minimum absolute atomic E-state index is 0.0251. The zero-order valence-corrected chi connectivity index (χ0v) is 17.7. The van der Waals surface area contributed by atoms with Gasteiger partial charge in [-0.3, -0.25) is 0 Å². The van der Waals surface area contributed by atoms with Crippen molar-refractivity contribution in [2.24, 2.45) is 5.73 Å². The van der Waals surface area contributed by atoms with E-state index in [1.807, 2.05) is 32.0 Å². The average Bonchev–Trinajstić information content (AvgIpc) is 3.41. The lowest BCUT2D eigenvalue weighted by Gasteiger charge is -2.15. The molecular weight excluding hydrogens is 392 g/mol. The first-order valence-corrected chi connectivity index (χ1v) is 10.5.